The van der Waals surface area contributed by atoms with Crippen molar-refractivity contribution in [3.8, 4) is 0 Å². The molecule has 0 bridgehead atoms. The lowest BCUT2D eigenvalue weighted by molar-refractivity contribution is -0.149. The summed E-state index contributed by atoms with van der Waals surface area (Å²) in [7, 11) is -3.15. The Kier molecular flexibility index (Phi) is 5.32. The lowest BCUT2D eigenvalue weighted by Gasteiger charge is -2.23. The first-order valence-electron chi connectivity index (χ1n) is 6.56. The van der Waals surface area contributed by atoms with Crippen LogP contribution >= 0.6 is 0 Å². The summed E-state index contributed by atoms with van der Waals surface area (Å²) >= 11 is 0. The van der Waals surface area contributed by atoms with Gasteiger partial charge in [0.25, 0.3) is 0 Å². The first kappa shape index (κ1) is 17.4. The molecular formula is C12H20N2O6S. The molecule has 9 heteroatoms. The summed E-state index contributed by atoms with van der Waals surface area (Å²) in [5.41, 5.74) is -1.28. The molecule has 0 aromatic heterocycles. The van der Waals surface area contributed by atoms with Gasteiger partial charge in [-0.2, -0.15) is 0 Å². The second-order valence-electron chi connectivity index (χ2n) is 5.84. The van der Waals surface area contributed by atoms with E-state index in [1.54, 1.807) is 0 Å². The van der Waals surface area contributed by atoms with Gasteiger partial charge >= 0.3 is 12.0 Å². The number of amides is 3. The molecule has 1 aliphatic heterocycles. The average molecular weight is 320 g/mol. The molecule has 8 nitrogen and oxygen atoms in total. The molecule has 1 saturated heterocycles. The van der Waals surface area contributed by atoms with Crippen LogP contribution in [0.5, 0.6) is 0 Å². The Hall–Kier alpha value is -1.64. The smallest absolute Gasteiger partial charge is 0.321 e. The highest BCUT2D eigenvalue weighted by molar-refractivity contribution is 7.91. The van der Waals surface area contributed by atoms with Gasteiger partial charge in [-0.1, -0.05) is 0 Å². The largest absolute Gasteiger partial charge is 0.481 e. The number of hydrogen-bond acceptors (Lipinski definition) is 5. The molecule has 1 aliphatic rings. The van der Waals surface area contributed by atoms with Gasteiger partial charge in [0.2, 0.25) is 5.91 Å². The van der Waals surface area contributed by atoms with Gasteiger partial charge in [0, 0.05) is 12.5 Å². The molecule has 1 atom stereocenters. The summed E-state index contributed by atoms with van der Waals surface area (Å²) in [5.74, 6) is -1.90. The Bertz CT molecular complexity index is 540. The van der Waals surface area contributed by atoms with E-state index in [1.165, 1.54) is 13.8 Å². The first-order chi connectivity index (χ1) is 9.52. The number of rotatable bonds is 4. The van der Waals surface area contributed by atoms with Gasteiger partial charge in [-0.15, -0.1) is 0 Å². The van der Waals surface area contributed by atoms with Crippen molar-refractivity contribution >= 4 is 27.7 Å². The molecule has 0 radical (unpaired) electrons. The van der Waals surface area contributed by atoms with E-state index < -0.39 is 39.2 Å². The van der Waals surface area contributed by atoms with E-state index in [1.807, 2.05) is 5.32 Å². The van der Waals surface area contributed by atoms with Crippen LogP contribution in [-0.2, 0) is 19.4 Å². The van der Waals surface area contributed by atoms with Crippen molar-refractivity contribution in [1.82, 2.24) is 10.6 Å². The topological polar surface area (TPSA) is 130 Å². The summed E-state index contributed by atoms with van der Waals surface area (Å²) in [5, 5.41) is 13.3. The molecule has 3 N–H and O–H groups in total. The Labute approximate surface area is 123 Å². The second-order valence-corrected chi connectivity index (χ2v) is 8.07. The lowest BCUT2D eigenvalue weighted by atomic mass is 9.89. The standard InChI is InChI=1S/C12H20N2O6S/c1-12(2,10(16)17)6-9(15)14-11(18)13-8-4-3-5-21(19,20)7-8/h8H,3-7H2,1-2H3,(H,16,17)(H2,13,14,15,18). The van der Waals surface area contributed by atoms with Crippen molar-refractivity contribution in [1.29, 1.82) is 0 Å². The highest BCUT2D eigenvalue weighted by atomic mass is 32.2. The third-order valence-electron chi connectivity index (χ3n) is 3.23. The Balaban J connectivity index is 2.47. The zero-order chi connectivity index (χ0) is 16.3. The van der Waals surface area contributed by atoms with E-state index in [-0.39, 0.29) is 17.9 Å². The van der Waals surface area contributed by atoms with Crippen LogP contribution in [0.2, 0.25) is 0 Å². The number of urea groups is 1. The lowest BCUT2D eigenvalue weighted by Crippen LogP contribution is -2.49. The zero-order valence-corrected chi connectivity index (χ0v) is 12.8. The van der Waals surface area contributed by atoms with Gasteiger partial charge in [0.1, 0.15) is 0 Å². The van der Waals surface area contributed by atoms with E-state index in [0.717, 1.165) is 0 Å². The monoisotopic (exact) mass is 320 g/mol. The highest BCUT2D eigenvalue weighted by Crippen LogP contribution is 2.20. The van der Waals surface area contributed by atoms with Crippen molar-refractivity contribution in [3.63, 3.8) is 0 Å². The van der Waals surface area contributed by atoms with Gasteiger partial charge in [0.05, 0.1) is 16.9 Å². The zero-order valence-electron chi connectivity index (χ0n) is 12.0. The SMILES string of the molecule is CC(C)(CC(=O)NC(=O)NC1CCCS(=O)(=O)C1)C(=O)O. The molecule has 1 rings (SSSR count). The highest BCUT2D eigenvalue weighted by Gasteiger charge is 2.31. The van der Waals surface area contributed by atoms with Crippen LogP contribution in [0.25, 0.3) is 0 Å². The minimum atomic E-state index is -3.15. The van der Waals surface area contributed by atoms with Crippen molar-refractivity contribution < 1.29 is 27.9 Å². The van der Waals surface area contributed by atoms with Crippen molar-refractivity contribution in [3.05, 3.63) is 0 Å². The maximum Gasteiger partial charge on any atom is 0.321 e. The summed E-state index contributed by atoms with van der Waals surface area (Å²) in [6.07, 6.45) is 0.646. The minimum Gasteiger partial charge on any atom is -0.481 e. The molecule has 120 valence electrons. The average Bonchev–Trinajstić information content (AvgIpc) is 2.25. The van der Waals surface area contributed by atoms with Crippen LogP contribution in [0.4, 0.5) is 4.79 Å². The van der Waals surface area contributed by atoms with Gasteiger partial charge in [-0.25, -0.2) is 13.2 Å². The van der Waals surface area contributed by atoms with E-state index in [9.17, 15) is 22.8 Å². The number of hydrogen-bond donors (Lipinski definition) is 3. The van der Waals surface area contributed by atoms with E-state index in [2.05, 4.69) is 5.32 Å². The molecule has 3 amide bonds. The van der Waals surface area contributed by atoms with Gasteiger partial charge in [-0.05, 0) is 26.7 Å². The summed E-state index contributed by atoms with van der Waals surface area (Å²) < 4.78 is 22.8. The van der Waals surface area contributed by atoms with Gasteiger partial charge < -0.3 is 10.4 Å². The summed E-state index contributed by atoms with van der Waals surface area (Å²) in [4.78, 5) is 34.1. The minimum absolute atomic E-state index is 0.110. The van der Waals surface area contributed by atoms with Gasteiger partial charge in [-0.3, -0.25) is 14.9 Å². The quantitative estimate of drug-likeness (QED) is 0.662. The van der Waals surface area contributed by atoms with Crippen molar-refractivity contribution in [2.24, 2.45) is 5.41 Å². The van der Waals surface area contributed by atoms with Crippen LogP contribution in [0.1, 0.15) is 33.1 Å². The number of carbonyl (C=O) groups is 3. The Morgan fingerprint density at radius 3 is 2.43 bits per heavy atom. The molecule has 0 saturated carbocycles. The molecule has 0 aromatic rings. The fourth-order valence-electron chi connectivity index (χ4n) is 2.01. The third kappa shape index (κ3) is 5.70. The summed E-state index contributed by atoms with van der Waals surface area (Å²) in [6.45, 7) is 2.75. The summed E-state index contributed by atoms with van der Waals surface area (Å²) in [6, 6.07) is -1.33. The number of sulfone groups is 1. The fraction of sp³-hybridized carbons (Fsp3) is 0.750. The number of carboxylic acid groups (broad SMARTS) is 1. The molecular weight excluding hydrogens is 300 g/mol. The maximum absolute atomic E-state index is 11.6. The normalized spacial score (nSPS) is 21.3. The van der Waals surface area contributed by atoms with E-state index >= 15 is 0 Å². The first-order valence-corrected chi connectivity index (χ1v) is 8.38. The number of carbonyl (C=O) groups excluding carboxylic acids is 2. The molecule has 1 heterocycles. The van der Waals surface area contributed by atoms with E-state index in [4.69, 9.17) is 5.11 Å². The van der Waals surface area contributed by atoms with E-state index in [0.29, 0.717) is 12.8 Å². The Morgan fingerprint density at radius 1 is 1.29 bits per heavy atom. The fourth-order valence-corrected chi connectivity index (χ4v) is 3.64. The molecule has 21 heavy (non-hydrogen) atoms. The molecule has 1 fully saturated rings. The van der Waals surface area contributed by atoms with Crippen LogP contribution in [0.15, 0.2) is 0 Å². The molecule has 1 unspecified atom stereocenters. The molecule has 0 aliphatic carbocycles. The van der Waals surface area contributed by atoms with Crippen LogP contribution in [-0.4, -0.2) is 49.0 Å². The van der Waals surface area contributed by atoms with Crippen molar-refractivity contribution in [2.45, 2.75) is 39.2 Å². The maximum atomic E-state index is 11.6. The number of nitrogens with one attached hydrogen (secondary N) is 2. The number of imide groups is 1. The van der Waals surface area contributed by atoms with Crippen LogP contribution < -0.4 is 10.6 Å². The van der Waals surface area contributed by atoms with Gasteiger partial charge in [0.15, 0.2) is 9.84 Å². The number of carboxylic acids is 1. The predicted molar refractivity (Wildman–Crippen MR) is 74.4 cm³/mol. The van der Waals surface area contributed by atoms with Crippen LogP contribution in [0, 0.1) is 5.41 Å². The molecule has 0 aromatic carbocycles. The second kappa shape index (κ2) is 6.42. The predicted octanol–water partition coefficient (Wildman–Crippen LogP) is -0.110. The Morgan fingerprint density at radius 2 is 1.90 bits per heavy atom. The molecule has 0 spiro atoms. The third-order valence-corrected chi connectivity index (χ3v) is 5.05. The number of aliphatic carboxylic acids is 1. The van der Waals surface area contributed by atoms with Crippen molar-refractivity contribution in [2.75, 3.05) is 11.5 Å². The van der Waals surface area contributed by atoms with Crippen LogP contribution in [0.3, 0.4) is 0 Å².